The topological polar surface area (TPSA) is 112 Å². The lowest BCUT2D eigenvalue weighted by atomic mass is 10.1. The van der Waals surface area contributed by atoms with Crippen LogP contribution in [0.5, 0.6) is 28.7 Å². The van der Waals surface area contributed by atoms with Gasteiger partial charge in [0, 0.05) is 17.6 Å². The number of hydrogen-bond donors (Lipinski definition) is 1. The van der Waals surface area contributed by atoms with Crippen LogP contribution < -0.4 is 29.0 Å². The fraction of sp³-hybridized carbons (Fsp3) is 0.208. The summed E-state index contributed by atoms with van der Waals surface area (Å²) in [5.74, 6) is 1.92. The van der Waals surface area contributed by atoms with E-state index in [1.165, 1.54) is 31.6 Å². The monoisotopic (exact) mass is 481 g/mol. The highest BCUT2D eigenvalue weighted by Gasteiger charge is 2.16. The molecule has 0 bridgehead atoms. The number of nitrogens with zero attached hydrogens (tertiary/aromatic N) is 2. The second-order valence-corrected chi connectivity index (χ2v) is 7.49. The molecule has 0 saturated carbocycles. The predicted octanol–water partition coefficient (Wildman–Crippen LogP) is 4.17. The van der Waals surface area contributed by atoms with Gasteiger partial charge in [-0.2, -0.15) is 5.26 Å². The van der Waals surface area contributed by atoms with Gasteiger partial charge >= 0.3 is 0 Å². The summed E-state index contributed by atoms with van der Waals surface area (Å²) < 4.78 is 27.6. The number of amides is 1. The first-order valence-corrected chi connectivity index (χ1v) is 10.9. The minimum absolute atomic E-state index is 0.0975. The SMILES string of the molecule is COc1cccc(OCCOc2c(OC)cc(/C=C(/C#N)C(=O)Nc3nccs3)cc2OC)c1. The maximum Gasteiger partial charge on any atom is 0.268 e. The molecule has 0 unspecified atom stereocenters. The van der Waals surface area contributed by atoms with Crippen LogP contribution >= 0.6 is 11.3 Å². The molecule has 0 aliphatic heterocycles. The molecule has 9 nitrogen and oxygen atoms in total. The van der Waals surface area contributed by atoms with Crippen molar-refractivity contribution < 1.29 is 28.5 Å². The Labute approximate surface area is 201 Å². The Morgan fingerprint density at radius 2 is 1.76 bits per heavy atom. The van der Waals surface area contributed by atoms with Crippen LogP contribution in [0.25, 0.3) is 6.08 Å². The van der Waals surface area contributed by atoms with Crippen molar-refractivity contribution >= 4 is 28.5 Å². The van der Waals surface area contributed by atoms with Crippen LogP contribution in [0.15, 0.2) is 53.5 Å². The number of benzene rings is 2. The molecule has 0 fully saturated rings. The third kappa shape index (κ3) is 6.40. The molecule has 3 aromatic rings. The molecule has 0 aliphatic carbocycles. The summed E-state index contributed by atoms with van der Waals surface area (Å²) in [5.41, 5.74) is 0.430. The Balaban J connectivity index is 1.72. The van der Waals surface area contributed by atoms with E-state index in [-0.39, 0.29) is 18.8 Å². The van der Waals surface area contributed by atoms with Crippen molar-refractivity contribution in [3.8, 4) is 34.8 Å². The first kappa shape index (κ1) is 24.4. The maximum absolute atomic E-state index is 12.4. The lowest BCUT2D eigenvalue weighted by Crippen LogP contribution is -2.13. The fourth-order valence-corrected chi connectivity index (χ4v) is 3.41. The number of nitrogens with one attached hydrogen (secondary N) is 1. The van der Waals surface area contributed by atoms with Gasteiger partial charge in [-0.1, -0.05) is 6.07 Å². The van der Waals surface area contributed by atoms with Gasteiger partial charge in [0.1, 0.15) is 36.4 Å². The Bertz CT molecular complexity index is 1160. The molecule has 0 spiro atoms. The van der Waals surface area contributed by atoms with E-state index in [0.29, 0.717) is 39.4 Å². The molecule has 1 heterocycles. The quantitative estimate of drug-likeness (QED) is 0.247. The summed E-state index contributed by atoms with van der Waals surface area (Å²) in [6.45, 7) is 0.495. The van der Waals surface area contributed by atoms with Gasteiger partial charge in [-0.15, -0.1) is 11.3 Å². The van der Waals surface area contributed by atoms with E-state index < -0.39 is 5.91 Å². The number of aromatic nitrogens is 1. The van der Waals surface area contributed by atoms with Crippen LogP contribution in [-0.2, 0) is 4.79 Å². The number of methoxy groups -OCH3 is 3. The summed E-state index contributed by atoms with van der Waals surface area (Å²) in [4.78, 5) is 16.4. The minimum atomic E-state index is -0.564. The standard InChI is InChI=1S/C24H23N3O6S/c1-29-18-5-4-6-19(14-18)32-8-9-33-22-20(30-2)12-16(13-21(22)31-3)11-17(15-25)23(28)27-24-26-7-10-34-24/h4-7,10-14H,8-9H2,1-3H3,(H,26,27,28)/b17-11-. The van der Waals surface area contributed by atoms with Gasteiger partial charge in [-0.05, 0) is 35.9 Å². The molecule has 3 rings (SSSR count). The van der Waals surface area contributed by atoms with E-state index >= 15 is 0 Å². The molecule has 0 atom stereocenters. The van der Waals surface area contributed by atoms with E-state index in [2.05, 4.69) is 10.3 Å². The molecule has 0 radical (unpaired) electrons. The molecular formula is C24H23N3O6S. The van der Waals surface area contributed by atoms with Crippen molar-refractivity contribution in [3.63, 3.8) is 0 Å². The summed E-state index contributed by atoms with van der Waals surface area (Å²) in [6.07, 6.45) is 3.00. The number of rotatable bonds is 11. The molecule has 2 aromatic carbocycles. The van der Waals surface area contributed by atoms with Gasteiger partial charge in [0.25, 0.3) is 5.91 Å². The summed E-state index contributed by atoms with van der Waals surface area (Å²) in [5, 5.41) is 14.2. The Morgan fingerprint density at radius 3 is 2.38 bits per heavy atom. The number of carbonyl (C=O) groups is 1. The van der Waals surface area contributed by atoms with Crippen molar-refractivity contribution in [2.45, 2.75) is 0 Å². The third-order valence-corrected chi connectivity index (χ3v) is 5.14. The zero-order chi connectivity index (χ0) is 24.3. The van der Waals surface area contributed by atoms with Gasteiger partial charge in [-0.25, -0.2) is 4.98 Å². The average Bonchev–Trinajstić information content (AvgIpc) is 3.38. The molecule has 0 saturated heterocycles. The van der Waals surface area contributed by atoms with Crippen LogP contribution in [0, 0.1) is 11.3 Å². The van der Waals surface area contributed by atoms with Crippen molar-refractivity contribution in [3.05, 3.63) is 59.1 Å². The van der Waals surface area contributed by atoms with Crippen molar-refractivity contribution in [1.82, 2.24) is 4.98 Å². The number of nitriles is 1. The summed E-state index contributed by atoms with van der Waals surface area (Å²) in [6, 6.07) is 12.5. The van der Waals surface area contributed by atoms with E-state index in [9.17, 15) is 10.1 Å². The van der Waals surface area contributed by atoms with Crippen LogP contribution in [0.2, 0.25) is 0 Å². The van der Waals surface area contributed by atoms with Gasteiger partial charge in [0.05, 0.1) is 21.3 Å². The van der Waals surface area contributed by atoms with E-state index in [4.69, 9.17) is 23.7 Å². The Hall–Kier alpha value is -4.23. The smallest absolute Gasteiger partial charge is 0.268 e. The third-order valence-electron chi connectivity index (χ3n) is 4.45. The van der Waals surface area contributed by atoms with Crippen LogP contribution in [-0.4, -0.2) is 45.4 Å². The predicted molar refractivity (Wildman–Crippen MR) is 128 cm³/mol. The summed E-state index contributed by atoms with van der Waals surface area (Å²) >= 11 is 1.26. The lowest BCUT2D eigenvalue weighted by Gasteiger charge is -2.16. The molecule has 1 aromatic heterocycles. The number of ether oxygens (including phenoxy) is 5. The second-order valence-electron chi connectivity index (χ2n) is 6.59. The maximum atomic E-state index is 12.4. The first-order chi connectivity index (χ1) is 16.6. The Morgan fingerprint density at radius 1 is 1.06 bits per heavy atom. The lowest BCUT2D eigenvalue weighted by molar-refractivity contribution is -0.112. The van der Waals surface area contributed by atoms with E-state index in [0.717, 1.165) is 0 Å². The average molecular weight is 482 g/mol. The molecule has 0 aliphatic rings. The highest BCUT2D eigenvalue weighted by atomic mass is 32.1. The van der Waals surface area contributed by atoms with E-state index in [1.54, 1.807) is 36.9 Å². The number of anilines is 1. The van der Waals surface area contributed by atoms with Crippen molar-refractivity contribution in [2.24, 2.45) is 0 Å². The van der Waals surface area contributed by atoms with Gasteiger partial charge < -0.3 is 23.7 Å². The largest absolute Gasteiger partial charge is 0.497 e. The van der Waals surface area contributed by atoms with Crippen molar-refractivity contribution in [2.75, 3.05) is 39.9 Å². The molecular weight excluding hydrogens is 458 g/mol. The molecule has 34 heavy (non-hydrogen) atoms. The minimum Gasteiger partial charge on any atom is -0.497 e. The van der Waals surface area contributed by atoms with Crippen LogP contribution in [0.4, 0.5) is 5.13 Å². The zero-order valence-corrected chi connectivity index (χ0v) is 19.7. The highest BCUT2D eigenvalue weighted by molar-refractivity contribution is 7.13. The Kier molecular flexibility index (Phi) is 8.71. The van der Waals surface area contributed by atoms with Crippen molar-refractivity contribution in [1.29, 1.82) is 5.26 Å². The second kappa shape index (κ2) is 12.1. The zero-order valence-electron chi connectivity index (χ0n) is 18.9. The highest BCUT2D eigenvalue weighted by Crippen LogP contribution is 2.39. The van der Waals surface area contributed by atoms with Crippen LogP contribution in [0.3, 0.4) is 0 Å². The normalized spacial score (nSPS) is 10.7. The van der Waals surface area contributed by atoms with Crippen LogP contribution in [0.1, 0.15) is 5.56 Å². The number of carbonyl (C=O) groups excluding carboxylic acids is 1. The number of hydrogen-bond acceptors (Lipinski definition) is 9. The molecule has 1 amide bonds. The molecule has 10 heteroatoms. The fourth-order valence-electron chi connectivity index (χ4n) is 2.88. The van der Waals surface area contributed by atoms with Gasteiger partial charge in [-0.3, -0.25) is 10.1 Å². The molecule has 176 valence electrons. The molecule has 1 N–H and O–H groups in total. The number of thiazole rings is 1. The van der Waals surface area contributed by atoms with Gasteiger partial charge in [0.2, 0.25) is 5.75 Å². The van der Waals surface area contributed by atoms with Gasteiger partial charge in [0.15, 0.2) is 16.6 Å². The summed E-state index contributed by atoms with van der Waals surface area (Å²) in [7, 11) is 4.57. The first-order valence-electron chi connectivity index (χ1n) is 10.1. The van der Waals surface area contributed by atoms with E-state index in [1.807, 2.05) is 24.3 Å².